The summed E-state index contributed by atoms with van der Waals surface area (Å²) in [6.07, 6.45) is 2.11. The van der Waals surface area contributed by atoms with Gasteiger partial charge in [-0.15, -0.1) is 0 Å². The van der Waals surface area contributed by atoms with Crippen LogP contribution in [0, 0.1) is 11.3 Å². The van der Waals surface area contributed by atoms with Crippen LogP contribution in [0.5, 0.6) is 0 Å². The van der Waals surface area contributed by atoms with Crippen molar-refractivity contribution in [2.24, 2.45) is 0 Å². The summed E-state index contributed by atoms with van der Waals surface area (Å²) in [6.45, 7) is 4.15. The van der Waals surface area contributed by atoms with Gasteiger partial charge in [-0.1, -0.05) is 0 Å². The normalized spacial score (nSPS) is 26.9. The molecule has 0 N–H and O–H groups in total. The standard InChI is InChI=1S/C9H16N2O/c1-8(3-5-10)11-6-4-9(7-11)12-2/h8-9H,3-4,6-7H2,1-2H3. The first-order valence-corrected chi connectivity index (χ1v) is 4.41. The topological polar surface area (TPSA) is 36.3 Å². The first-order chi connectivity index (χ1) is 5.77. The molecule has 0 aromatic heterocycles. The maximum Gasteiger partial charge on any atom is 0.0710 e. The summed E-state index contributed by atoms with van der Waals surface area (Å²) in [5.41, 5.74) is 0. The smallest absolute Gasteiger partial charge is 0.0710 e. The lowest BCUT2D eigenvalue weighted by atomic mass is 10.2. The van der Waals surface area contributed by atoms with Gasteiger partial charge in [-0.3, -0.25) is 4.90 Å². The summed E-state index contributed by atoms with van der Waals surface area (Å²) < 4.78 is 5.25. The number of methoxy groups -OCH3 is 1. The molecule has 0 aromatic rings. The summed E-state index contributed by atoms with van der Waals surface area (Å²) >= 11 is 0. The van der Waals surface area contributed by atoms with E-state index < -0.39 is 0 Å². The third-order valence-corrected chi connectivity index (χ3v) is 2.52. The summed E-state index contributed by atoms with van der Waals surface area (Å²) in [6, 6.07) is 2.58. The van der Waals surface area contributed by atoms with Gasteiger partial charge in [0.2, 0.25) is 0 Å². The lowest BCUT2D eigenvalue weighted by Gasteiger charge is -2.21. The molecule has 1 aliphatic rings. The van der Waals surface area contributed by atoms with E-state index in [0.717, 1.165) is 19.5 Å². The van der Waals surface area contributed by atoms with E-state index in [1.165, 1.54) is 0 Å². The monoisotopic (exact) mass is 168 g/mol. The Bertz CT molecular complexity index is 176. The maximum atomic E-state index is 8.51. The Morgan fingerprint density at radius 1 is 1.75 bits per heavy atom. The van der Waals surface area contributed by atoms with Crippen LogP contribution in [-0.2, 0) is 4.74 Å². The average molecular weight is 168 g/mol. The van der Waals surface area contributed by atoms with Crippen molar-refractivity contribution in [3.63, 3.8) is 0 Å². The number of nitriles is 1. The van der Waals surface area contributed by atoms with E-state index in [4.69, 9.17) is 10.00 Å². The highest BCUT2D eigenvalue weighted by molar-refractivity contribution is 4.85. The Hall–Kier alpha value is -0.590. The number of likely N-dealkylation sites (tertiary alicyclic amines) is 1. The molecule has 1 aliphatic heterocycles. The Morgan fingerprint density at radius 2 is 2.50 bits per heavy atom. The molecule has 3 nitrogen and oxygen atoms in total. The third-order valence-electron chi connectivity index (χ3n) is 2.52. The lowest BCUT2D eigenvalue weighted by molar-refractivity contribution is 0.103. The summed E-state index contributed by atoms with van der Waals surface area (Å²) in [5, 5.41) is 8.51. The van der Waals surface area contributed by atoms with Crippen molar-refractivity contribution in [3.8, 4) is 6.07 Å². The zero-order valence-electron chi connectivity index (χ0n) is 7.79. The molecule has 0 aliphatic carbocycles. The van der Waals surface area contributed by atoms with Gasteiger partial charge in [-0.05, 0) is 13.3 Å². The molecule has 1 heterocycles. The van der Waals surface area contributed by atoms with Crippen LogP contribution in [0.3, 0.4) is 0 Å². The molecule has 1 rings (SSSR count). The SMILES string of the molecule is COC1CCN(C(C)CC#N)C1. The molecule has 0 bridgehead atoms. The van der Waals surface area contributed by atoms with Gasteiger partial charge >= 0.3 is 0 Å². The first-order valence-electron chi connectivity index (χ1n) is 4.41. The highest BCUT2D eigenvalue weighted by atomic mass is 16.5. The molecule has 1 saturated heterocycles. The van der Waals surface area contributed by atoms with Crippen molar-refractivity contribution in [1.82, 2.24) is 4.90 Å². The van der Waals surface area contributed by atoms with Crippen LogP contribution in [0.1, 0.15) is 19.8 Å². The Labute approximate surface area is 73.9 Å². The van der Waals surface area contributed by atoms with Crippen molar-refractivity contribution >= 4 is 0 Å². The van der Waals surface area contributed by atoms with Crippen molar-refractivity contribution in [1.29, 1.82) is 5.26 Å². The molecule has 0 saturated carbocycles. The van der Waals surface area contributed by atoms with E-state index in [0.29, 0.717) is 18.6 Å². The lowest BCUT2D eigenvalue weighted by Crippen LogP contribution is -2.31. The van der Waals surface area contributed by atoms with Crippen LogP contribution in [0.25, 0.3) is 0 Å². The fourth-order valence-electron chi connectivity index (χ4n) is 1.61. The summed E-state index contributed by atoms with van der Waals surface area (Å²) in [7, 11) is 1.75. The second kappa shape index (κ2) is 4.44. The Kier molecular flexibility index (Phi) is 3.51. The number of hydrogen-bond acceptors (Lipinski definition) is 3. The van der Waals surface area contributed by atoms with Gasteiger partial charge in [-0.2, -0.15) is 5.26 Å². The van der Waals surface area contributed by atoms with Crippen molar-refractivity contribution in [2.45, 2.75) is 31.9 Å². The highest BCUT2D eigenvalue weighted by Gasteiger charge is 2.25. The van der Waals surface area contributed by atoms with Gasteiger partial charge in [0.25, 0.3) is 0 Å². The molecule has 12 heavy (non-hydrogen) atoms. The van der Waals surface area contributed by atoms with Gasteiger partial charge in [0.1, 0.15) is 0 Å². The number of rotatable bonds is 3. The predicted molar refractivity (Wildman–Crippen MR) is 46.7 cm³/mol. The van der Waals surface area contributed by atoms with E-state index in [9.17, 15) is 0 Å². The highest BCUT2D eigenvalue weighted by Crippen LogP contribution is 2.15. The summed E-state index contributed by atoms with van der Waals surface area (Å²) in [4.78, 5) is 2.32. The molecule has 68 valence electrons. The second-order valence-corrected chi connectivity index (χ2v) is 3.35. The molecule has 0 aromatic carbocycles. The molecule has 2 unspecified atom stereocenters. The van der Waals surface area contributed by atoms with E-state index in [2.05, 4.69) is 17.9 Å². The quantitative estimate of drug-likeness (QED) is 0.631. The van der Waals surface area contributed by atoms with Crippen LogP contribution in [0.2, 0.25) is 0 Å². The van der Waals surface area contributed by atoms with Crippen LogP contribution in [-0.4, -0.2) is 37.2 Å². The van der Waals surface area contributed by atoms with Crippen LogP contribution in [0.15, 0.2) is 0 Å². The van der Waals surface area contributed by atoms with Crippen molar-refractivity contribution < 1.29 is 4.74 Å². The molecule has 3 heteroatoms. The van der Waals surface area contributed by atoms with Crippen LogP contribution < -0.4 is 0 Å². The van der Waals surface area contributed by atoms with Gasteiger partial charge in [0.15, 0.2) is 0 Å². The number of nitrogens with zero attached hydrogens (tertiary/aromatic N) is 2. The van der Waals surface area contributed by atoms with Gasteiger partial charge < -0.3 is 4.74 Å². The van der Waals surface area contributed by atoms with Crippen molar-refractivity contribution in [3.05, 3.63) is 0 Å². The van der Waals surface area contributed by atoms with E-state index in [-0.39, 0.29) is 0 Å². The van der Waals surface area contributed by atoms with E-state index >= 15 is 0 Å². The van der Waals surface area contributed by atoms with Gasteiger partial charge in [0, 0.05) is 26.2 Å². The first kappa shape index (κ1) is 9.50. The number of ether oxygens (including phenoxy) is 1. The predicted octanol–water partition coefficient (Wildman–Crippen LogP) is 1.01. The zero-order chi connectivity index (χ0) is 8.97. The fourth-order valence-corrected chi connectivity index (χ4v) is 1.61. The van der Waals surface area contributed by atoms with Crippen LogP contribution >= 0.6 is 0 Å². The van der Waals surface area contributed by atoms with E-state index in [1.807, 2.05) is 0 Å². The van der Waals surface area contributed by atoms with Gasteiger partial charge in [-0.25, -0.2) is 0 Å². The largest absolute Gasteiger partial charge is 0.380 e. The molecule has 0 amide bonds. The maximum absolute atomic E-state index is 8.51. The minimum absolute atomic E-state index is 0.381. The Morgan fingerprint density at radius 3 is 3.00 bits per heavy atom. The molecular weight excluding hydrogens is 152 g/mol. The van der Waals surface area contributed by atoms with Crippen LogP contribution in [0.4, 0.5) is 0 Å². The fraction of sp³-hybridized carbons (Fsp3) is 0.889. The Balaban J connectivity index is 2.31. The molecule has 1 fully saturated rings. The molecule has 0 radical (unpaired) electrons. The third kappa shape index (κ3) is 2.20. The van der Waals surface area contributed by atoms with Gasteiger partial charge in [0.05, 0.1) is 18.6 Å². The summed E-state index contributed by atoms with van der Waals surface area (Å²) in [5.74, 6) is 0. The number of hydrogen-bond donors (Lipinski definition) is 0. The molecular formula is C9H16N2O. The van der Waals surface area contributed by atoms with E-state index in [1.54, 1.807) is 7.11 Å². The minimum Gasteiger partial charge on any atom is -0.380 e. The average Bonchev–Trinajstić information content (AvgIpc) is 2.52. The minimum atomic E-state index is 0.381. The zero-order valence-corrected chi connectivity index (χ0v) is 7.79. The molecule has 0 spiro atoms. The second-order valence-electron chi connectivity index (χ2n) is 3.35. The molecule has 2 atom stereocenters. The van der Waals surface area contributed by atoms with Crippen molar-refractivity contribution in [2.75, 3.05) is 20.2 Å².